The number of hydrogen-bond donors (Lipinski definition) is 1. The molecule has 1 aromatic carbocycles. The number of pyridine rings is 1. The van der Waals surface area contributed by atoms with Crippen LogP contribution in [-0.4, -0.2) is 58.5 Å². The van der Waals surface area contributed by atoms with Crippen molar-refractivity contribution in [3.63, 3.8) is 0 Å². The number of ether oxygens (including phenoxy) is 1. The highest BCUT2D eigenvalue weighted by Gasteiger charge is 2.55. The van der Waals surface area contributed by atoms with Crippen LogP contribution in [0.3, 0.4) is 0 Å². The molecule has 2 aromatic heterocycles. The van der Waals surface area contributed by atoms with E-state index < -0.39 is 5.60 Å². The van der Waals surface area contributed by atoms with E-state index in [4.69, 9.17) is 9.26 Å². The van der Waals surface area contributed by atoms with Gasteiger partial charge >= 0.3 is 0 Å². The lowest BCUT2D eigenvalue weighted by molar-refractivity contribution is -0.127. The van der Waals surface area contributed by atoms with Gasteiger partial charge in [-0.25, -0.2) is 0 Å². The zero-order valence-corrected chi connectivity index (χ0v) is 21.9. The fourth-order valence-electron chi connectivity index (χ4n) is 5.94. The molecule has 4 heterocycles. The molecule has 0 saturated carbocycles. The average molecular weight is 491 g/mol. The number of aryl methyl sites for hydroxylation is 1. The fraction of sp³-hybridized carbons (Fsp3) is 0.552. The molecule has 1 atom stereocenters. The zero-order chi connectivity index (χ0) is 25.3. The van der Waals surface area contributed by atoms with Gasteiger partial charge in [0.15, 0.2) is 0 Å². The first-order valence-corrected chi connectivity index (χ1v) is 13.2. The maximum absolute atomic E-state index is 12.4. The number of benzene rings is 1. The van der Waals surface area contributed by atoms with Gasteiger partial charge < -0.3 is 19.3 Å². The number of nitrogens with zero attached hydrogens (tertiary/aromatic N) is 4. The molecule has 0 bridgehead atoms. The van der Waals surface area contributed by atoms with Crippen molar-refractivity contribution < 1.29 is 14.4 Å². The van der Waals surface area contributed by atoms with E-state index in [1.165, 1.54) is 5.56 Å². The van der Waals surface area contributed by atoms with Crippen LogP contribution in [0.2, 0.25) is 0 Å². The highest BCUT2D eigenvalue weighted by atomic mass is 16.5. The van der Waals surface area contributed by atoms with Gasteiger partial charge in [-0.1, -0.05) is 50.2 Å². The normalized spacial score (nSPS) is 20.3. The second-order valence-electron chi connectivity index (χ2n) is 11.3. The summed E-state index contributed by atoms with van der Waals surface area (Å²) < 4.78 is 11.0. The Hall–Kier alpha value is -2.61. The molecule has 36 heavy (non-hydrogen) atoms. The molecule has 2 fully saturated rings. The standard InChI is InChI=1S/C29H38N4O3/c1-20(2)22-6-8-24(9-7-22)29(34,28(3)18-33(4)19-28)25-15-23(16-30-17-25)27-31-26(36-32-27)10-5-21-11-13-35-14-12-21/h6-9,15-17,20-21,34H,5,10-14,18-19H2,1-4H3. The largest absolute Gasteiger partial charge is 0.381 e. The van der Waals surface area contributed by atoms with E-state index in [0.717, 1.165) is 68.7 Å². The molecule has 3 aromatic rings. The second kappa shape index (κ2) is 10.0. The van der Waals surface area contributed by atoms with Crippen LogP contribution in [0, 0.1) is 11.3 Å². The Bertz CT molecular complexity index is 1160. The van der Waals surface area contributed by atoms with Gasteiger partial charge in [0.05, 0.1) is 0 Å². The molecule has 5 rings (SSSR count). The summed E-state index contributed by atoms with van der Waals surface area (Å²) in [4.78, 5) is 11.4. The van der Waals surface area contributed by atoms with Gasteiger partial charge in [0.25, 0.3) is 0 Å². The first-order chi connectivity index (χ1) is 17.3. The summed E-state index contributed by atoms with van der Waals surface area (Å²) in [5, 5.41) is 16.7. The van der Waals surface area contributed by atoms with Crippen LogP contribution in [0.5, 0.6) is 0 Å². The van der Waals surface area contributed by atoms with Crippen molar-refractivity contribution in [3.8, 4) is 11.4 Å². The summed E-state index contributed by atoms with van der Waals surface area (Å²) in [6.45, 7) is 9.78. The molecule has 1 unspecified atom stereocenters. The van der Waals surface area contributed by atoms with Crippen molar-refractivity contribution in [2.75, 3.05) is 33.4 Å². The molecule has 0 aliphatic carbocycles. The zero-order valence-electron chi connectivity index (χ0n) is 21.9. The van der Waals surface area contributed by atoms with Gasteiger partial charge in [0.1, 0.15) is 5.60 Å². The summed E-state index contributed by atoms with van der Waals surface area (Å²) in [5.41, 5.74) is 2.08. The van der Waals surface area contributed by atoms with Gasteiger partial charge in [-0.05, 0) is 55.3 Å². The average Bonchev–Trinajstić information content (AvgIpc) is 3.36. The summed E-state index contributed by atoms with van der Waals surface area (Å²) in [7, 11) is 2.08. The molecular weight excluding hydrogens is 452 g/mol. The predicted molar refractivity (Wildman–Crippen MR) is 139 cm³/mol. The van der Waals surface area contributed by atoms with E-state index in [9.17, 15) is 5.11 Å². The van der Waals surface area contributed by atoms with Crippen molar-refractivity contribution in [1.29, 1.82) is 0 Å². The molecule has 2 aliphatic heterocycles. The molecule has 2 saturated heterocycles. The smallest absolute Gasteiger partial charge is 0.226 e. The Balaban J connectivity index is 1.43. The van der Waals surface area contributed by atoms with Crippen LogP contribution in [-0.2, 0) is 16.8 Å². The van der Waals surface area contributed by atoms with Crippen molar-refractivity contribution in [3.05, 3.63) is 65.3 Å². The molecule has 7 heteroatoms. The second-order valence-corrected chi connectivity index (χ2v) is 11.3. The van der Waals surface area contributed by atoms with Gasteiger partial charge in [0.2, 0.25) is 11.7 Å². The quantitative estimate of drug-likeness (QED) is 0.485. The molecule has 0 amide bonds. The summed E-state index contributed by atoms with van der Waals surface area (Å²) in [6.07, 6.45) is 7.50. The number of hydrogen-bond acceptors (Lipinski definition) is 7. The molecule has 0 radical (unpaired) electrons. The Morgan fingerprint density at radius 2 is 1.83 bits per heavy atom. The molecule has 192 valence electrons. The van der Waals surface area contributed by atoms with Crippen LogP contribution >= 0.6 is 0 Å². The first-order valence-electron chi connectivity index (χ1n) is 13.2. The maximum atomic E-state index is 12.4. The maximum Gasteiger partial charge on any atom is 0.226 e. The first kappa shape index (κ1) is 25.1. The van der Waals surface area contributed by atoms with Crippen LogP contribution in [0.15, 0.2) is 47.2 Å². The SMILES string of the molecule is CC(C)c1ccc(C(O)(c2cncc(-c3noc(CCC4CCOCC4)n3)c2)C2(C)CN(C)C2)cc1. The minimum atomic E-state index is -1.20. The van der Waals surface area contributed by atoms with Crippen molar-refractivity contribution in [1.82, 2.24) is 20.0 Å². The Morgan fingerprint density at radius 1 is 1.11 bits per heavy atom. The van der Waals surface area contributed by atoms with E-state index in [1.807, 2.05) is 6.07 Å². The summed E-state index contributed by atoms with van der Waals surface area (Å²) >= 11 is 0. The van der Waals surface area contributed by atoms with E-state index >= 15 is 0 Å². The van der Waals surface area contributed by atoms with Gasteiger partial charge in [-0.2, -0.15) is 4.98 Å². The number of likely N-dealkylation sites (tertiary alicyclic amines) is 1. The Morgan fingerprint density at radius 3 is 2.50 bits per heavy atom. The van der Waals surface area contributed by atoms with E-state index in [1.54, 1.807) is 12.4 Å². The molecule has 0 spiro atoms. The summed E-state index contributed by atoms with van der Waals surface area (Å²) in [5.74, 6) is 2.24. The predicted octanol–water partition coefficient (Wildman–Crippen LogP) is 4.80. The molecule has 7 nitrogen and oxygen atoms in total. The number of rotatable bonds is 8. The molecule has 1 N–H and O–H groups in total. The van der Waals surface area contributed by atoms with E-state index in [-0.39, 0.29) is 5.41 Å². The van der Waals surface area contributed by atoms with Crippen molar-refractivity contribution >= 4 is 0 Å². The minimum absolute atomic E-state index is 0.354. The van der Waals surface area contributed by atoms with E-state index in [0.29, 0.717) is 23.6 Å². The minimum Gasteiger partial charge on any atom is -0.381 e. The molecular formula is C29H38N4O3. The summed E-state index contributed by atoms with van der Waals surface area (Å²) in [6, 6.07) is 10.3. The lowest BCUT2D eigenvalue weighted by Crippen LogP contribution is -2.63. The Labute approximate surface area is 213 Å². The van der Waals surface area contributed by atoms with Crippen LogP contribution in [0.4, 0.5) is 0 Å². The third-order valence-corrected chi connectivity index (χ3v) is 8.10. The van der Waals surface area contributed by atoms with Gasteiger partial charge in [0, 0.05) is 61.7 Å². The third-order valence-electron chi connectivity index (χ3n) is 8.10. The van der Waals surface area contributed by atoms with Crippen LogP contribution in [0.25, 0.3) is 11.4 Å². The lowest BCUT2D eigenvalue weighted by Gasteiger charge is -2.55. The fourth-order valence-corrected chi connectivity index (χ4v) is 5.94. The van der Waals surface area contributed by atoms with Gasteiger partial charge in [-0.15, -0.1) is 0 Å². The highest BCUT2D eigenvalue weighted by molar-refractivity contribution is 5.56. The topological polar surface area (TPSA) is 84.5 Å². The van der Waals surface area contributed by atoms with Crippen molar-refractivity contribution in [2.45, 2.75) is 58.0 Å². The monoisotopic (exact) mass is 490 g/mol. The van der Waals surface area contributed by atoms with Crippen LogP contribution < -0.4 is 0 Å². The number of aliphatic hydroxyl groups is 1. The lowest BCUT2D eigenvalue weighted by atomic mass is 9.62. The molecule has 2 aliphatic rings. The van der Waals surface area contributed by atoms with Crippen molar-refractivity contribution in [2.24, 2.45) is 11.3 Å². The van der Waals surface area contributed by atoms with Crippen LogP contribution in [0.1, 0.15) is 68.5 Å². The number of aromatic nitrogens is 3. The van der Waals surface area contributed by atoms with E-state index in [2.05, 4.69) is 72.1 Å². The highest BCUT2D eigenvalue weighted by Crippen LogP contribution is 2.50. The van der Waals surface area contributed by atoms with Gasteiger partial charge in [-0.3, -0.25) is 4.98 Å². The Kier molecular flexibility index (Phi) is 6.99. The third kappa shape index (κ3) is 4.72.